The third-order valence-corrected chi connectivity index (χ3v) is 5.78. The van der Waals surface area contributed by atoms with Gasteiger partial charge in [-0.15, -0.1) is 0 Å². The van der Waals surface area contributed by atoms with Crippen LogP contribution in [0.5, 0.6) is 0 Å². The van der Waals surface area contributed by atoms with Crippen LogP contribution in [-0.2, 0) is 4.79 Å². The van der Waals surface area contributed by atoms with Crippen LogP contribution >= 0.6 is 11.6 Å². The molecule has 0 atom stereocenters. The molecule has 4 aromatic rings. The Kier molecular flexibility index (Phi) is 7.70. The van der Waals surface area contributed by atoms with Crippen molar-refractivity contribution in [2.24, 2.45) is 5.10 Å². The summed E-state index contributed by atoms with van der Waals surface area (Å²) < 4.78 is 0. The van der Waals surface area contributed by atoms with Crippen LogP contribution in [0.15, 0.2) is 114 Å². The van der Waals surface area contributed by atoms with Gasteiger partial charge in [0, 0.05) is 16.3 Å². The van der Waals surface area contributed by atoms with Crippen molar-refractivity contribution >= 4 is 34.8 Å². The van der Waals surface area contributed by atoms with Gasteiger partial charge in [0.15, 0.2) is 0 Å². The molecule has 2 amide bonds. The number of rotatable bonds is 7. The Bertz CT molecular complexity index is 1280. The normalized spacial score (nSPS) is 11.2. The van der Waals surface area contributed by atoms with Crippen molar-refractivity contribution in [3.63, 3.8) is 0 Å². The second-order valence-electron chi connectivity index (χ2n) is 7.97. The van der Waals surface area contributed by atoms with Gasteiger partial charge >= 0.3 is 0 Å². The number of amides is 2. The number of carbonyl (C=O) groups is 2. The number of hydrogen-bond acceptors (Lipinski definition) is 3. The van der Waals surface area contributed by atoms with E-state index in [4.69, 9.17) is 11.6 Å². The van der Waals surface area contributed by atoms with Crippen LogP contribution in [0.2, 0.25) is 5.02 Å². The molecule has 0 saturated heterocycles. The van der Waals surface area contributed by atoms with Crippen LogP contribution in [0.1, 0.15) is 39.9 Å². The van der Waals surface area contributed by atoms with Crippen LogP contribution < -0.4 is 10.7 Å². The largest absolute Gasteiger partial charge is 0.322 e. The predicted molar refractivity (Wildman–Crippen MR) is 141 cm³/mol. The molecular formula is C29H24ClN3O2. The van der Waals surface area contributed by atoms with Gasteiger partial charge < -0.3 is 5.32 Å². The maximum Gasteiger partial charge on any atom is 0.255 e. The van der Waals surface area contributed by atoms with Gasteiger partial charge in [-0.2, -0.15) is 5.10 Å². The highest BCUT2D eigenvalue weighted by Crippen LogP contribution is 2.24. The average Bonchev–Trinajstić information content (AvgIpc) is 2.89. The third-order valence-electron chi connectivity index (χ3n) is 5.53. The Balaban J connectivity index is 1.44. The minimum Gasteiger partial charge on any atom is -0.322 e. The molecule has 174 valence electrons. The first-order chi connectivity index (χ1) is 17.0. The lowest BCUT2D eigenvalue weighted by Gasteiger charge is -2.16. The number of anilines is 1. The molecule has 0 aliphatic carbocycles. The molecule has 2 N–H and O–H groups in total. The summed E-state index contributed by atoms with van der Waals surface area (Å²) in [6, 6.07) is 33.2. The highest BCUT2D eigenvalue weighted by atomic mass is 35.5. The molecule has 0 aliphatic rings. The molecule has 35 heavy (non-hydrogen) atoms. The Morgan fingerprint density at radius 1 is 0.714 bits per heavy atom. The molecule has 4 aromatic carbocycles. The summed E-state index contributed by atoms with van der Waals surface area (Å²) in [5, 5.41) is 7.76. The first-order valence-corrected chi connectivity index (χ1v) is 11.5. The number of nitrogens with one attached hydrogen (secondary N) is 2. The zero-order chi connectivity index (χ0) is 24.6. The Hall–Kier alpha value is -4.22. The molecule has 0 bridgehead atoms. The van der Waals surface area contributed by atoms with E-state index < -0.39 is 5.92 Å². The number of hydrazone groups is 1. The average molecular weight is 482 g/mol. The van der Waals surface area contributed by atoms with E-state index in [1.165, 1.54) is 0 Å². The fourth-order valence-electron chi connectivity index (χ4n) is 3.65. The highest BCUT2D eigenvalue weighted by Gasteiger charge is 2.22. The lowest BCUT2D eigenvalue weighted by molar-refractivity contribution is -0.121. The zero-order valence-corrected chi connectivity index (χ0v) is 19.9. The summed E-state index contributed by atoms with van der Waals surface area (Å²) in [4.78, 5) is 25.5. The number of hydrogen-bond donors (Lipinski definition) is 2. The van der Waals surface area contributed by atoms with Crippen LogP contribution in [0.25, 0.3) is 0 Å². The minimum atomic E-state index is -0.473. The van der Waals surface area contributed by atoms with Crippen molar-refractivity contribution in [2.75, 3.05) is 5.32 Å². The first kappa shape index (κ1) is 23.9. The standard InChI is InChI=1S/C29H24ClN3O2/c1-20(21-14-18-26(19-15-21)31-28(34)24-12-16-25(30)17-13-24)32-33-29(35)27(22-8-4-2-5-9-22)23-10-6-3-7-11-23/h2-19,27H,1H3,(H,31,34)(H,33,35)/b32-20-. The van der Waals surface area contributed by atoms with E-state index in [1.54, 1.807) is 36.4 Å². The van der Waals surface area contributed by atoms with Crippen molar-refractivity contribution < 1.29 is 9.59 Å². The number of nitrogens with zero attached hydrogens (tertiary/aromatic N) is 1. The topological polar surface area (TPSA) is 70.6 Å². The van der Waals surface area contributed by atoms with E-state index in [-0.39, 0.29) is 11.8 Å². The molecule has 0 unspecified atom stereocenters. The van der Waals surface area contributed by atoms with Crippen molar-refractivity contribution in [1.82, 2.24) is 5.43 Å². The Morgan fingerprint density at radius 3 is 1.77 bits per heavy atom. The van der Waals surface area contributed by atoms with Gasteiger partial charge in [0.25, 0.3) is 11.8 Å². The summed E-state index contributed by atoms with van der Waals surface area (Å²) in [5.41, 5.74) is 7.15. The lowest BCUT2D eigenvalue weighted by atomic mass is 9.91. The predicted octanol–water partition coefficient (Wildman–Crippen LogP) is 6.26. The first-order valence-electron chi connectivity index (χ1n) is 11.1. The van der Waals surface area contributed by atoms with Gasteiger partial charge in [-0.05, 0) is 60.0 Å². The monoisotopic (exact) mass is 481 g/mol. The number of benzene rings is 4. The fourth-order valence-corrected chi connectivity index (χ4v) is 3.78. The van der Waals surface area contributed by atoms with Crippen LogP contribution in [0, 0.1) is 0 Å². The molecule has 6 heteroatoms. The van der Waals surface area contributed by atoms with Gasteiger partial charge in [0.2, 0.25) is 0 Å². The van der Waals surface area contributed by atoms with Crippen LogP contribution in [-0.4, -0.2) is 17.5 Å². The molecule has 0 saturated carbocycles. The van der Waals surface area contributed by atoms with Gasteiger partial charge in [0.1, 0.15) is 0 Å². The minimum absolute atomic E-state index is 0.214. The maximum atomic E-state index is 13.1. The maximum absolute atomic E-state index is 13.1. The van der Waals surface area contributed by atoms with Crippen molar-refractivity contribution in [3.8, 4) is 0 Å². The summed E-state index contributed by atoms with van der Waals surface area (Å²) >= 11 is 5.88. The van der Waals surface area contributed by atoms with Crippen molar-refractivity contribution in [2.45, 2.75) is 12.8 Å². The molecule has 0 spiro atoms. The van der Waals surface area contributed by atoms with E-state index in [9.17, 15) is 9.59 Å². The van der Waals surface area contributed by atoms with Gasteiger partial charge in [-0.25, -0.2) is 5.43 Å². The smallest absolute Gasteiger partial charge is 0.255 e. The Morgan fingerprint density at radius 2 is 1.23 bits per heavy atom. The van der Waals surface area contributed by atoms with Gasteiger partial charge in [0.05, 0.1) is 11.6 Å². The van der Waals surface area contributed by atoms with Gasteiger partial charge in [-0.3, -0.25) is 9.59 Å². The van der Waals surface area contributed by atoms with Crippen LogP contribution in [0.4, 0.5) is 5.69 Å². The molecule has 0 aromatic heterocycles. The summed E-state index contributed by atoms with van der Waals surface area (Å²) in [7, 11) is 0. The lowest BCUT2D eigenvalue weighted by Crippen LogP contribution is -2.27. The summed E-state index contributed by atoms with van der Waals surface area (Å²) in [6.07, 6.45) is 0. The van der Waals surface area contributed by atoms with E-state index in [0.29, 0.717) is 22.0 Å². The van der Waals surface area contributed by atoms with Crippen LogP contribution in [0.3, 0.4) is 0 Å². The highest BCUT2D eigenvalue weighted by molar-refractivity contribution is 6.30. The second kappa shape index (κ2) is 11.3. The van der Waals surface area contributed by atoms with Crippen molar-refractivity contribution in [3.05, 3.63) is 136 Å². The molecule has 0 aliphatic heterocycles. The second-order valence-corrected chi connectivity index (χ2v) is 8.40. The van der Waals surface area contributed by atoms with Crippen molar-refractivity contribution in [1.29, 1.82) is 0 Å². The quantitative estimate of drug-likeness (QED) is 0.241. The van der Waals surface area contributed by atoms with Gasteiger partial charge in [-0.1, -0.05) is 84.4 Å². The van der Waals surface area contributed by atoms with E-state index in [1.807, 2.05) is 79.7 Å². The molecule has 0 heterocycles. The molecule has 0 radical (unpaired) electrons. The summed E-state index contributed by atoms with van der Waals surface area (Å²) in [6.45, 7) is 1.82. The number of halogens is 1. The summed E-state index contributed by atoms with van der Waals surface area (Å²) in [5.74, 6) is -0.909. The van der Waals surface area contributed by atoms with E-state index in [0.717, 1.165) is 16.7 Å². The fraction of sp³-hybridized carbons (Fsp3) is 0.0690. The van der Waals surface area contributed by atoms with E-state index in [2.05, 4.69) is 15.8 Å². The third kappa shape index (κ3) is 6.22. The molecule has 5 nitrogen and oxygen atoms in total. The molecular weight excluding hydrogens is 458 g/mol. The van der Waals surface area contributed by atoms with E-state index >= 15 is 0 Å². The SMILES string of the molecule is C/C(=N/NC(=O)C(c1ccccc1)c1ccccc1)c1ccc(NC(=O)c2ccc(Cl)cc2)cc1. The number of carbonyl (C=O) groups excluding carboxylic acids is 2. The zero-order valence-electron chi connectivity index (χ0n) is 19.1. The molecule has 4 rings (SSSR count). The molecule has 0 fully saturated rings. The Labute approximate surface area is 209 Å².